The highest BCUT2D eigenvalue weighted by atomic mass is 15.3. The number of nitrogens with zero attached hydrogens (tertiary/aromatic N) is 5. The molecule has 0 unspecified atom stereocenters. The summed E-state index contributed by atoms with van der Waals surface area (Å²) < 4.78 is 1.74. The van der Waals surface area contributed by atoms with E-state index < -0.39 is 10.8 Å². The second-order valence-corrected chi connectivity index (χ2v) is 6.68. The molecule has 0 amide bonds. The van der Waals surface area contributed by atoms with E-state index in [1.165, 1.54) is 6.33 Å². The van der Waals surface area contributed by atoms with Crippen LogP contribution in [0.25, 0.3) is 0 Å². The zero-order chi connectivity index (χ0) is 16.8. The van der Waals surface area contributed by atoms with Gasteiger partial charge in [0.25, 0.3) is 0 Å². The van der Waals surface area contributed by atoms with Crippen LogP contribution in [-0.2, 0) is 6.54 Å². The first-order chi connectivity index (χ1) is 10.2. The van der Waals surface area contributed by atoms with Crippen LogP contribution < -0.4 is 0 Å². The monoisotopic (exact) mass is 297 g/mol. The van der Waals surface area contributed by atoms with Crippen molar-refractivity contribution >= 4 is 0 Å². The third-order valence-electron chi connectivity index (χ3n) is 3.42. The molecule has 0 atom stereocenters. The van der Waals surface area contributed by atoms with Gasteiger partial charge < -0.3 is 0 Å². The average Bonchev–Trinajstić information content (AvgIpc) is 2.96. The van der Waals surface area contributed by atoms with Crippen molar-refractivity contribution in [2.24, 2.45) is 10.8 Å². The van der Waals surface area contributed by atoms with Crippen molar-refractivity contribution in [1.29, 1.82) is 10.5 Å². The van der Waals surface area contributed by atoms with E-state index in [9.17, 15) is 5.26 Å². The van der Waals surface area contributed by atoms with Crippen LogP contribution in [0.4, 0.5) is 0 Å². The molecule has 0 fully saturated rings. The molecule has 116 valence electrons. The summed E-state index contributed by atoms with van der Waals surface area (Å²) in [4.78, 5) is 3.92. The average molecular weight is 297 g/mol. The fourth-order valence-corrected chi connectivity index (χ4v) is 1.85. The first-order valence-electron chi connectivity index (χ1n) is 7.23. The highest BCUT2D eigenvalue weighted by Crippen LogP contribution is 2.30. The first kappa shape index (κ1) is 17.7. The number of aromatic nitrogens is 3. The van der Waals surface area contributed by atoms with Crippen molar-refractivity contribution in [1.82, 2.24) is 14.8 Å². The Morgan fingerprint density at radius 2 is 1.91 bits per heavy atom. The van der Waals surface area contributed by atoms with Gasteiger partial charge in [0.15, 0.2) is 0 Å². The lowest BCUT2D eigenvalue weighted by atomic mass is 9.81. The van der Waals surface area contributed by atoms with E-state index in [2.05, 4.69) is 22.2 Å². The Hall–Kier alpha value is -2.40. The summed E-state index contributed by atoms with van der Waals surface area (Å²) in [6.45, 7) is 10.2. The van der Waals surface area contributed by atoms with Gasteiger partial charge in [-0.3, -0.25) is 0 Å². The Morgan fingerprint density at radius 3 is 2.41 bits per heavy atom. The van der Waals surface area contributed by atoms with Gasteiger partial charge in [-0.2, -0.15) is 15.6 Å². The maximum absolute atomic E-state index is 9.41. The van der Waals surface area contributed by atoms with Crippen LogP contribution in [0.2, 0.25) is 0 Å². The quantitative estimate of drug-likeness (QED) is 0.751. The van der Waals surface area contributed by atoms with Crippen molar-refractivity contribution in [3.63, 3.8) is 0 Å². The maximum Gasteiger partial charge on any atom is 0.137 e. The molecule has 0 spiro atoms. The number of nitriles is 2. The summed E-state index contributed by atoms with van der Waals surface area (Å²) in [6, 6.07) is 4.61. The molecule has 5 heteroatoms. The molecule has 1 heterocycles. The van der Waals surface area contributed by atoms with Crippen LogP contribution in [0.3, 0.4) is 0 Å². The summed E-state index contributed by atoms with van der Waals surface area (Å²) in [6.07, 6.45) is 7.78. The summed E-state index contributed by atoms with van der Waals surface area (Å²) >= 11 is 0. The van der Waals surface area contributed by atoms with Gasteiger partial charge in [-0.15, -0.1) is 0 Å². The Morgan fingerprint density at radius 1 is 1.23 bits per heavy atom. The minimum Gasteiger partial charge on any atom is -0.249 e. The Kier molecular flexibility index (Phi) is 5.65. The molecule has 0 saturated heterocycles. The van der Waals surface area contributed by atoms with E-state index in [0.29, 0.717) is 13.0 Å². The summed E-state index contributed by atoms with van der Waals surface area (Å²) in [5, 5.41) is 22.6. The highest BCUT2D eigenvalue weighted by Gasteiger charge is 2.23. The molecule has 5 nitrogen and oxygen atoms in total. The van der Waals surface area contributed by atoms with Gasteiger partial charge in [0.05, 0.1) is 29.5 Å². The van der Waals surface area contributed by atoms with E-state index in [-0.39, 0.29) is 0 Å². The molecule has 22 heavy (non-hydrogen) atoms. The van der Waals surface area contributed by atoms with Crippen molar-refractivity contribution in [3.05, 3.63) is 36.0 Å². The fourth-order valence-electron chi connectivity index (χ4n) is 1.85. The molecular formula is C17H23N5. The van der Waals surface area contributed by atoms with Crippen LogP contribution in [0.15, 0.2) is 36.0 Å². The minimum absolute atomic E-state index is 0.440. The van der Waals surface area contributed by atoms with Gasteiger partial charge in [0, 0.05) is 0 Å². The van der Waals surface area contributed by atoms with Crippen molar-refractivity contribution in [2.45, 2.75) is 47.6 Å². The van der Waals surface area contributed by atoms with Crippen LogP contribution in [0.5, 0.6) is 0 Å². The molecular weight excluding hydrogens is 274 g/mol. The number of hydrogen-bond donors (Lipinski definition) is 0. The SMILES string of the molecule is C/C(=C\C(=C/CC(C)(C)C#N)C(C)(C)C#N)Cn1cncn1. The molecule has 0 saturated carbocycles. The van der Waals surface area contributed by atoms with Gasteiger partial charge in [-0.05, 0) is 46.6 Å². The molecule has 1 aromatic rings. The third kappa shape index (κ3) is 5.18. The van der Waals surface area contributed by atoms with Crippen molar-refractivity contribution in [3.8, 4) is 12.1 Å². The second-order valence-electron chi connectivity index (χ2n) is 6.68. The van der Waals surface area contributed by atoms with Crippen LogP contribution in [0, 0.1) is 33.5 Å². The summed E-state index contributed by atoms with van der Waals surface area (Å²) in [5.74, 6) is 0. The molecule has 0 N–H and O–H groups in total. The lowest BCUT2D eigenvalue weighted by Crippen LogP contribution is -2.13. The molecule has 0 aliphatic rings. The predicted octanol–water partition coefficient (Wildman–Crippen LogP) is 3.64. The molecule has 0 radical (unpaired) electrons. The van der Waals surface area contributed by atoms with E-state index in [1.54, 1.807) is 11.0 Å². The van der Waals surface area contributed by atoms with E-state index in [0.717, 1.165) is 11.1 Å². The smallest absolute Gasteiger partial charge is 0.137 e. The fraction of sp³-hybridized carbons (Fsp3) is 0.529. The Labute approximate surface area is 132 Å². The maximum atomic E-state index is 9.41. The topological polar surface area (TPSA) is 78.3 Å². The summed E-state index contributed by atoms with van der Waals surface area (Å²) in [5.41, 5.74) is 0.963. The van der Waals surface area contributed by atoms with Crippen molar-refractivity contribution < 1.29 is 0 Å². The molecule has 0 aromatic carbocycles. The molecule has 1 rings (SSSR count). The zero-order valence-corrected chi connectivity index (χ0v) is 14.0. The number of hydrogen-bond acceptors (Lipinski definition) is 4. The standard InChI is InChI=1S/C17H23N5/c1-14(9-22-13-20-12-21-22)8-15(17(4,5)11-19)6-7-16(2,3)10-18/h6,8,12-13H,7,9H2,1-5H3/b14-8+,15-6+. The largest absolute Gasteiger partial charge is 0.249 e. The van der Waals surface area contributed by atoms with Gasteiger partial charge in [0.2, 0.25) is 0 Å². The Balaban J connectivity index is 3.04. The molecule has 0 aliphatic heterocycles. The normalized spacial score (nSPS) is 13.6. The zero-order valence-electron chi connectivity index (χ0n) is 14.0. The highest BCUT2D eigenvalue weighted by molar-refractivity contribution is 5.33. The first-order valence-corrected chi connectivity index (χ1v) is 7.23. The predicted molar refractivity (Wildman–Crippen MR) is 85.3 cm³/mol. The lowest BCUT2D eigenvalue weighted by molar-refractivity contribution is 0.497. The van der Waals surface area contributed by atoms with Crippen LogP contribution in [0.1, 0.15) is 41.0 Å². The van der Waals surface area contributed by atoms with Gasteiger partial charge in [-0.25, -0.2) is 9.67 Å². The number of allylic oxidation sites excluding steroid dienone is 4. The van der Waals surface area contributed by atoms with Crippen LogP contribution >= 0.6 is 0 Å². The molecule has 1 aromatic heterocycles. The van der Waals surface area contributed by atoms with E-state index in [4.69, 9.17) is 5.26 Å². The number of rotatable bonds is 6. The summed E-state index contributed by atoms with van der Waals surface area (Å²) in [7, 11) is 0. The van der Waals surface area contributed by atoms with Gasteiger partial charge in [-0.1, -0.05) is 17.7 Å². The van der Waals surface area contributed by atoms with Gasteiger partial charge >= 0.3 is 0 Å². The second kappa shape index (κ2) is 7.04. The third-order valence-corrected chi connectivity index (χ3v) is 3.42. The van der Waals surface area contributed by atoms with Gasteiger partial charge in [0.1, 0.15) is 12.7 Å². The molecule has 0 bridgehead atoms. The van der Waals surface area contributed by atoms with E-state index >= 15 is 0 Å². The van der Waals surface area contributed by atoms with Crippen molar-refractivity contribution in [2.75, 3.05) is 0 Å². The minimum atomic E-state index is -0.602. The van der Waals surface area contributed by atoms with E-state index in [1.807, 2.05) is 46.8 Å². The molecule has 0 aliphatic carbocycles. The van der Waals surface area contributed by atoms with Crippen LogP contribution in [-0.4, -0.2) is 14.8 Å². The Bertz CT molecular complexity index is 634. The lowest BCUT2D eigenvalue weighted by Gasteiger charge is -2.20.